The molecule has 134 valence electrons. The lowest BCUT2D eigenvalue weighted by Crippen LogP contribution is -2.58. The van der Waals surface area contributed by atoms with E-state index in [9.17, 15) is 30.3 Å². The number of fused-ring (bicyclic) bond motifs is 3. The lowest BCUT2D eigenvalue weighted by molar-refractivity contribution is -0.235. The van der Waals surface area contributed by atoms with Gasteiger partial charge in [0.15, 0.2) is 17.6 Å². The summed E-state index contributed by atoms with van der Waals surface area (Å²) in [5, 5.41) is 49.3. The minimum absolute atomic E-state index is 0. The number of hydrogen-bond donors (Lipinski definition) is 5. The molecule has 0 unspecified atom stereocenters. The monoisotopic (exact) mass is 346 g/mol. The summed E-state index contributed by atoms with van der Waals surface area (Å²) in [5.41, 5.74) is -0.187. The molecule has 2 aliphatic rings. The second-order valence-electron chi connectivity index (χ2n) is 5.37. The van der Waals surface area contributed by atoms with Crippen LogP contribution in [0.25, 0.3) is 0 Å². The van der Waals surface area contributed by atoms with Gasteiger partial charge in [0.2, 0.25) is 5.75 Å². The van der Waals surface area contributed by atoms with E-state index in [0.717, 1.165) is 6.07 Å². The Hall–Kier alpha value is -2.11. The number of methoxy groups -OCH3 is 1. The predicted molar refractivity (Wildman–Crippen MR) is 75.9 cm³/mol. The summed E-state index contributed by atoms with van der Waals surface area (Å²) < 4.78 is 15.4. The fourth-order valence-corrected chi connectivity index (χ4v) is 2.95. The minimum atomic E-state index is -1.51. The van der Waals surface area contributed by atoms with E-state index in [1.54, 1.807) is 0 Å². The number of carbonyl (C=O) groups excluding carboxylic acids is 1. The molecule has 1 aromatic rings. The van der Waals surface area contributed by atoms with E-state index < -0.39 is 54.6 Å². The topological polar surface area (TPSA) is 177 Å². The number of rotatable bonds is 2. The molecule has 3 rings (SSSR count). The Kier molecular flexibility index (Phi) is 4.87. The number of aliphatic hydroxyl groups excluding tert-OH is 3. The molecule has 1 saturated heterocycles. The van der Waals surface area contributed by atoms with Crippen LogP contribution >= 0.6 is 0 Å². The quantitative estimate of drug-likeness (QED) is 0.378. The first kappa shape index (κ1) is 18.2. The summed E-state index contributed by atoms with van der Waals surface area (Å²) >= 11 is 0. The van der Waals surface area contributed by atoms with Crippen molar-refractivity contribution in [2.24, 2.45) is 0 Å². The fraction of sp³-hybridized carbons (Fsp3) is 0.500. The highest BCUT2D eigenvalue weighted by atomic mass is 16.6. The van der Waals surface area contributed by atoms with Crippen molar-refractivity contribution in [3.05, 3.63) is 17.2 Å². The van der Waals surface area contributed by atoms with E-state index in [-0.39, 0.29) is 22.4 Å². The number of carbonyl (C=O) groups is 1. The van der Waals surface area contributed by atoms with Gasteiger partial charge in [-0.05, 0) is 6.07 Å². The van der Waals surface area contributed by atoms with Gasteiger partial charge in [0.1, 0.15) is 24.4 Å². The molecule has 1 aromatic carbocycles. The van der Waals surface area contributed by atoms with Crippen molar-refractivity contribution in [3.8, 4) is 17.2 Å². The summed E-state index contributed by atoms with van der Waals surface area (Å²) in [5.74, 6) is -2.16. The van der Waals surface area contributed by atoms with E-state index in [1.807, 2.05) is 0 Å². The molecule has 0 aromatic heterocycles. The number of phenols is 2. The molecule has 2 aliphatic heterocycles. The van der Waals surface area contributed by atoms with Gasteiger partial charge in [-0.2, -0.15) is 0 Å². The zero-order valence-corrected chi connectivity index (χ0v) is 12.5. The lowest BCUT2D eigenvalue weighted by atomic mass is 9.86. The molecule has 10 heteroatoms. The third kappa shape index (κ3) is 2.44. The first-order chi connectivity index (χ1) is 10.9. The second-order valence-corrected chi connectivity index (χ2v) is 5.37. The fourth-order valence-electron chi connectivity index (χ4n) is 2.95. The summed E-state index contributed by atoms with van der Waals surface area (Å²) in [6.45, 7) is -0.583. The highest BCUT2D eigenvalue weighted by molar-refractivity contribution is 5.95. The van der Waals surface area contributed by atoms with Crippen molar-refractivity contribution in [2.75, 3.05) is 13.7 Å². The Balaban J connectivity index is 0.00000208. The molecule has 1 fully saturated rings. The molecular weight excluding hydrogens is 328 g/mol. The maximum Gasteiger partial charge on any atom is 0.339 e. The number of aromatic hydroxyl groups is 2. The van der Waals surface area contributed by atoms with Crippen LogP contribution in [0.15, 0.2) is 6.07 Å². The van der Waals surface area contributed by atoms with Gasteiger partial charge in [-0.3, -0.25) is 0 Å². The summed E-state index contributed by atoms with van der Waals surface area (Å²) in [6.07, 6.45) is -6.50. The first-order valence-corrected chi connectivity index (χ1v) is 6.87. The van der Waals surface area contributed by atoms with E-state index in [2.05, 4.69) is 0 Å². The number of benzene rings is 1. The SMILES string of the molecule is COc1c(O)cc2c(c1O)[C@@H]1O[C@H](CO)[C@@H](O)[C@H](O)[C@H]1OC2=O.O. The average molecular weight is 346 g/mol. The average Bonchev–Trinajstić information content (AvgIpc) is 2.52. The van der Waals surface area contributed by atoms with Crippen molar-refractivity contribution in [2.45, 2.75) is 30.5 Å². The van der Waals surface area contributed by atoms with Crippen molar-refractivity contribution in [1.82, 2.24) is 0 Å². The normalized spacial score (nSPS) is 31.3. The highest BCUT2D eigenvalue weighted by Crippen LogP contribution is 2.49. The van der Waals surface area contributed by atoms with Gasteiger partial charge < -0.3 is 45.2 Å². The molecule has 0 spiro atoms. The minimum Gasteiger partial charge on any atom is -0.504 e. The third-order valence-electron chi connectivity index (χ3n) is 4.09. The Morgan fingerprint density at radius 2 is 1.92 bits per heavy atom. The van der Waals surface area contributed by atoms with Crippen LogP contribution in [-0.4, -0.2) is 75.1 Å². The molecule has 2 heterocycles. The molecule has 0 aliphatic carbocycles. The third-order valence-corrected chi connectivity index (χ3v) is 4.09. The number of esters is 1. The van der Waals surface area contributed by atoms with Crippen LogP contribution in [0.4, 0.5) is 0 Å². The van der Waals surface area contributed by atoms with Crippen LogP contribution in [0.3, 0.4) is 0 Å². The Morgan fingerprint density at radius 3 is 2.50 bits per heavy atom. The Labute approximate surface area is 135 Å². The summed E-state index contributed by atoms with van der Waals surface area (Å²) in [7, 11) is 1.22. The maximum absolute atomic E-state index is 12.1. The van der Waals surface area contributed by atoms with Gasteiger partial charge in [0.05, 0.1) is 19.3 Å². The van der Waals surface area contributed by atoms with Crippen LogP contribution in [0.5, 0.6) is 17.2 Å². The predicted octanol–water partition coefficient (Wildman–Crippen LogP) is -2.03. The van der Waals surface area contributed by atoms with Crippen LogP contribution in [0.2, 0.25) is 0 Å². The molecule has 10 nitrogen and oxygen atoms in total. The van der Waals surface area contributed by atoms with Gasteiger partial charge in [-0.25, -0.2) is 4.79 Å². The second kappa shape index (κ2) is 6.42. The molecule has 0 bridgehead atoms. The lowest BCUT2D eigenvalue weighted by Gasteiger charge is -2.44. The summed E-state index contributed by atoms with van der Waals surface area (Å²) in [6, 6.07) is 1.06. The number of ether oxygens (including phenoxy) is 3. The zero-order chi connectivity index (χ0) is 16.9. The van der Waals surface area contributed by atoms with E-state index in [4.69, 9.17) is 14.2 Å². The Bertz CT molecular complexity index is 645. The Morgan fingerprint density at radius 1 is 1.25 bits per heavy atom. The van der Waals surface area contributed by atoms with E-state index in [0.29, 0.717) is 0 Å². The molecule has 0 radical (unpaired) electrons. The summed E-state index contributed by atoms with van der Waals surface area (Å²) in [4.78, 5) is 12.1. The van der Waals surface area contributed by atoms with Crippen molar-refractivity contribution in [3.63, 3.8) is 0 Å². The van der Waals surface area contributed by atoms with E-state index >= 15 is 0 Å². The first-order valence-electron chi connectivity index (χ1n) is 6.87. The molecule has 7 N–H and O–H groups in total. The van der Waals surface area contributed by atoms with Crippen LogP contribution in [-0.2, 0) is 9.47 Å². The van der Waals surface area contributed by atoms with Crippen LogP contribution in [0.1, 0.15) is 22.0 Å². The van der Waals surface area contributed by atoms with Gasteiger partial charge in [-0.1, -0.05) is 0 Å². The molecular formula is C14H18O10. The van der Waals surface area contributed by atoms with Crippen LogP contribution in [0, 0.1) is 0 Å². The van der Waals surface area contributed by atoms with Gasteiger partial charge >= 0.3 is 5.97 Å². The number of hydrogen-bond acceptors (Lipinski definition) is 9. The standard InChI is InChI=1S/C14H16O9.H2O/c1-21-11-5(16)2-4-7(9(11)18)12-13(23-14(4)20)10(19)8(17)6(3-15)22-12;/h2,6,8,10,12-13,15-19H,3H2,1H3;1H2/t6-,8-,10+,12+,13-;/m1./s1. The zero-order valence-electron chi connectivity index (χ0n) is 12.5. The number of phenolic OH excluding ortho intramolecular Hbond substituents is 2. The number of aliphatic hydroxyl groups is 3. The van der Waals surface area contributed by atoms with Gasteiger partial charge in [0, 0.05) is 5.56 Å². The van der Waals surface area contributed by atoms with Gasteiger partial charge in [0.25, 0.3) is 0 Å². The molecule has 0 amide bonds. The van der Waals surface area contributed by atoms with Crippen molar-refractivity contribution in [1.29, 1.82) is 0 Å². The highest BCUT2D eigenvalue weighted by Gasteiger charge is 2.52. The largest absolute Gasteiger partial charge is 0.504 e. The smallest absolute Gasteiger partial charge is 0.339 e. The van der Waals surface area contributed by atoms with E-state index in [1.165, 1.54) is 7.11 Å². The van der Waals surface area contributed by atoms with Crippen molar-refractivity contribution >= 4 is 5.97 Å². The van der Waals surface area contributed by atoms with Gasteiger partial charge in [-0.15, -0.1) is 0 Å². The molecule has 24 heavy (non-hydrogen) atoms. The molecule has 0 saturated carbocycles. The molecule has 5 atom stereocenters. The van der Waals surface area contributed by atoms with Crippen LogP contribution < -0.4 is 4.74 Å². The maximum atomic E-state index is 12.1. The van der Waals surface area contributed by atoms with Crippen molar-refractivity contribution < 1.29 is 50.0 Å².